The van der Waals surface area contributed by atoms with Crippen molar-refractivity contribution in [3.63, 3.8) is 0 Å². The minimum Gasteiger partial charge on any atom is -0.494 e. The molecule has 1 N–H and O–H groups in total. The number of halogens is 3. The highest BCUT2D eigenvalue weighted by molar-refractivity contribution is 7.92. The van der Waals surface area contributed by atoms with Gasteiger partial charge in [0, 0.05) is 24.7 Å². The maximum absolute atomic E-state index is 14.6. The van der Waals surface area contributed by atoms with Gasteiger partial charge >= 0.3 is 0 Å². The summed E-state index contributed by atoms with van der Waals surface area (Å²) in [5, 5.41) is 0. The van der Waals surface area contributed by atoms with E-state index in [1.54, 1.807) is 0 Å². The number of methoxy groups -OCH3 is 1. The molecule has 40 heavy (non-hydrogen) atoms. The van der Waals surface area contributed by atoms with Crippen molar-refractivity contribution in [1.29, 1.82) is 0 Å². The summed E-state index contributed by atoms with van der Waals surface area (Å²) in [6, 6.07) is 10.2. The van der Waals surface area contributed by atoms with E-state index in [1.165, 1.54) is 29.6 Å². The van der Waals surface area contributed by atoms with Crippen LogP contribution in [-0.4, -0.2) is 60.5 Å². The van der Waals surface area contributed by atoms with Gasteiger partial charge in [-0.05, 0) is 60.9 Å². The van der Waals surface area contributed by atoms with E-state index < -0.39 is 43.8 Å². The highest BCUT2D eigenvalue weighted by Gasteiger charge is 2.36. The van der Waals surface area contributed by atoms with Crippen molar-refractivity contribution in [2.45, 2.75) is 23.8 Å². The Hall–Kier alpha value is -3.33. The van der Waals surface area contributed by atoms with Crippen LogP contribution in [0.1, 0.15) is 12.8 Å². The van der Waals surface area contributed by atoms with Crippen molar-refractivity contribution < 1.29 is 39.5 Å². The van der Waals surface area contributed by atoms with Crippen LogP contribution in [0.15, 0.2) is 59.5 Å². The summed E-state index contributed by atoms with van der Waals surface area (Å²) in [5.41, 5.74) is 0.108. The molecule has 3 aromatic rings. The minimum absolute atomic E-state index is 0.0168. The molecule has 1 fully saturated rings. The molecule has 5 rings (SSSR count). The fourth-order valence-corrected chi connectivity index (χ4v) is 7.51. The van der Waals surface area contributed by atoms with Crippen LogP contribution in [0.2, 0.25) is 0 Å². The summed E-state index contributed by atoms with van der Waals surface area (Å²) in [6.45, 7) is 0.204. The molecule has 14 heteroatoms. The zero-order valence-corrected chi connectivity index (χ0v) is 22.9. The van der Waals surface area contributed by atoms with Crippen molar-refractivity contribution in [3.8, 4) is 22.6 Å². The average Bonchev–Trinajstić information content (AvgIpc) is 3.49. The van der Waals surface area contributed by atoms with Gasteiger partial charge in [0.2, 0.25) is 0 Å². The lowest BCUT2D eigenvalue weighted by Gasteiger charge is -2.36. The average molecular weight is 598 g/mol. The molecule has 0 spiro atoms. The van der Waals surface area contributed by atoms with E-state index in [0.717, 1.165) is 53.5 Å². The smallest absolute Gasteiger partial charge is 0.279 e. The lowest BCUT2D eigenvalue weighted by Crippen LogP contribution is -2.50. The van der Waals surface area contributed by atoms with Crippen LogP contribution in [0.4, 0.5) is 18.9 Å². The maximum Gasteiger partial charge on any atom is 0.279 e. The van der Waals surface area contributed by atoms with Gasteiger partial charge in [0.25, 0.3) is 20.2 Å². The molecule has 2 aliphatic rings. The van der Waals surface area contributed by atoms with Crippen LogP contribution in [0.25, 0.3) is 11.1 Å². The zero-order chi connectivity index (χ0) is 28.7. The molecule has 0 bridgehead atoms. The fourth-order valence-electron chi connectivity index (χ4n) is 4.68. The summed E-state index contributed by atoms with van der Waals surface area (Å²) < 4.78 is 111. The zero-order valence-electron chi connectivity index (χ0n) is 21.3. The highest BCUT2D eigenvalue weighted by Crippen LogP contribution is 2.41. The summed E-state index contributed by atoms with van der Waals surface area (Å²) in [5.74, 6) is -2.37. The Kier molecular flexibility index (Phi) is 7.70. The SMILES string of the molecule is COc1cc(S(=O)(=O)N2CC(CNS(=O)(=O)N3CCCC3)Oc3ccc(-c4cc(F)ccc4F)cc32)ccc1F. The van der Waals surface area contributed by atoms with Gasteiger partial charge in [0.15, 0.2) is 11.6 Å². The third-order valence-corrected chi connectivity index (χ3v) is 10.1. The lowest BCUT2D eigenvalue weighted by atomic mass is 10.0. The second-order valence-corrected chi connectivity index (χ2v) is 13.0. The van der Waals surface area contributed by atoms with Crippen LogP contribution in [0.3, 0.4) is 0 Å². The molecule has 214 valence electrons. The van der Waals surface area contributed by atoms with E-state index in [1.807, 2.05) is 0 Å². The van der Waals surface area contributed by atoms with Crippen molar-refractivity contribution in [2.75, 3.05) is 37.6 Å². The number of hydrogen-bond donors (Lipinski definition) is 1. The van der Waals surface area contributed by atoms with E-state index in [2.05, 4.69) is 4.72 Å². The van der Waals surface area contributed by atoms with E-state index in [-0.39, 0.29) is 46.3 Å². The van der Waals surface area contributed by atoms with Crippen LogP contribution < -0.4 is 18.5 Å². The first-order valence-electron chi connectivity index (χ1n) is 12.4. The summed E-state index contributed by atoms with van der Waals surface area (Å²) in [4.78, 5) is -0.294. The van der Waals surface area contributed by atoms with Crippen LogP contribution in [-0.2, 0) is 20.2 Å². The summed E-state index contributed by atoms with van der Waals surface area (Å²) >= 11 is 0. The van der Waals surface area contributed by atoms with Crippen molar-refractivity contribution in [2.24, 2.45) is 0 Å². The predicted molar refractivity (Wildman–Crippen MR) is 141 cm³/mol. The Morgan fingerprint density at radius 1 is 0.950 bits per heavy atom. The molecule has 0 saturated carbocycles. The molecule has 0 aromatic heterocycles. The van der Waals surface area contributed by atoms with Gasteiger partial charge in [-0.15, -0.1) is 0 Å². The Balaban J connectivity index is 1.54. The number of benzene rings is 3. The first kappa shape index (κ1) is 28.2. The van der Waals surface area contributed by atoms with Gasteiger partial charge in [-0.25, -0.2) is 21.6 Å². The molecule has 2 aliphatic heterocycles. The van der Waals surface area contributed by atoms with Gasteiger partial charge in [-0.1, -0.05) is 6.07 Å². The molecule has 2 heterocycles. The van der Waals surface area contributed by atoms with Crippen LogP contribution in [0, 0.1) is 17.5 Å². The highest BCUT2D eigenvalue weighted by atomic mass is 32.2. The van der Waals surface area contributed by atoms with Gasteiger partial charge in [-0.2, -0.15) is 17.4 Å². The third kappa shape index (κ3) is 5.48. The molecular formula is C26H26F3N3O6S2. The number of sulfonamides is 1. The normalized spacial score (nSPS) is 17.9. The summed E-state index contributed by atoms with van der Waals surface area (Å²) in [7, 11) is -7.00. The van der Waals surface area contributed by atoms with Gasteiger partial charge < -0.3 is 9.47 Å². The number of fused-ring (bicyclic) bond motifs is 1. The van der Waals surface area contributed by atoms with Crippen molar-refractivity contribution in [3.05, 3.63) is 72.0 Å². The Bertz CT molecular complexity index is 1650. The van der Waals surface area contributed by atoms with Gasteiger partial charge in [0.05, 0.1) is 30.8 Å². The second kappa shape index (κ2) is 10.9. The first-order valence-corrected chi connectivity index (χ1v) is 15.2. The monoisotopic (exact) mass is 597 g/mol. The number of ether oxygens (including phenoxy) is 2. The number of nitrogens with zero attached hydrogens (tertiary/aromatic N) is 2. The third-order valence-electron chi connectivity index (χ3n) is 6.74. The van der Waals surface area contributed by atoms with E-state index in [0.29, 0.717) is 13.1 Å². The number of nitrogens with one attached hydrogen (secondary N) is 1. The topological polar surface area (TPSA) is 105 Å². The van der Waals surface area contributed by atoms with E-state index in [9.17, 15) is 30.0 Å². The van der Waals surface area contributed by atoms with Gasteiger partial charge in [-0.3, -0.25) is 4.31 Å². The van der Waals surface area contributed by atoms with Crippen molar-refractivity contribution >= 4 is 25.9 Å². The molecule has 0 radical (unpaired) electrons. The van der Waals surface area contributed by atoms with Crippen LogP contribution in [0.5, 0.6) is 11.5 Å². The fraction of sp³-hybridized carbons (Fsp3) is 0.308. The van der Waals surface area contributed by atoms with E-state index >= 15 is 0 Å². The lowest BCUT2D eigenvalue weighted by molar-refractivity contribution is 0.202. The van der Waals surface area contributed by atoms with Crippen LogP contribution >= 0.6 is 0 Å². The minimum atomic E-state index is -4.39. The summed E-state index contributed by atoms with van der Waals surface area (Å²) in [6.07, 6.45) is 0.546. The molecule has 0 amide bonds. The quantitative estimate of drug-likeness (QED) is 0.425. The Morgan fingerprint density at radius 3 is 2.40 bits per heavy atom. The second-order valence-electron chi connectivity index (χ2n) is 9.34. The molecule has 1 atom stereocenters. The van der Waals surface area contributed by atoms with E-state index in [4.69, 9.17) is 9.47 Å². The molecule has 3 aromatic carbocycles. The molecule has 1 saturated heterocycles. The Morgan fingerprint density at radius 2 is 1.68 bits per heavy atom. The first-order chi connectivity index (χ1) is 19.0. The number of hydrogen-bond acceptors (Lipinski definition) is 6. The maximum atomic E-state index is 14.6. The number of rotatable bonds is 8. The molecular weight excluding hydrogens is 571 g/mol. The number of anilines is 1. The predicted octanol–water partition coefficient (Wildman–Crippen LogP) is 3.67. The Labute approximate surface area is 230 Å². The molecule has 1 unspecified atom stereocenters. The largest absolute Gasteiger partial charge is 0.494 e. The molecule has 0 aliphatic carbocycles. The van der Waals surface area contributed by atoms with Gasteiger partial charge in [0.1, 0.15) is 23.5 Å². The van der Waals surface area contributed by atoms with Crippen molar-refractivity contribution in [1.82, 2.24) is 9.03 Å². The molecule has 9 nitrogen and oxygen atoms in total. The standard InChI is InChI=1S/C26H26F3N3O6S2/c1-37-26-14-20(6-8-23(26)29)39(33,34)32-16-19(15-30-40(35,36)31-10-2-3-11-31)38-25-9-4-17(12-24(25)32)21-13-18(27)5-7-22(21)28/h4-9,12-14,19,30H,2-3,10-11,15-16H2,1H3.